The van der Waals surface area contributed by atoms with Crippen LogP contribution in [-0.4, -0.2) is 165 Å². The fraction of sp³-hybridized carbons (Fsp3) is 0.582. The molecule has 4 aromatic rings. The second kappa shape index (κ2) is 32.8. The first-order valence-electron chi connectivity index (χ1n) is 28.1. The van der Waals surface area contributed by atoms with Crippen molar-refractivity contribution in [1.29, 1.82) is 0 Å². The van der Waals surface area contributed by atoms with Gasteiger partial charge < -0.3 is 19.9 Å². The first kappa shape index (κ1) is 87.5. The third-order valence-corrected chi connectivity index (χ3v) is 31.0. The van der Waals surface area contributed by atoms with Crippen LogP contribution in [-0.2, 0) is 76.5 Å². The van der Waals surface area contributed by atoms with E-state index in [2.05, 4.69) is 99.6 Å². The summed E-state index contributed by atoms with van der Waals surface area (Å²) in [6.07, 6.45) is -2.25. The Bertz CT molecular complexity index is 3960. The Morgan fingerprint density at radius 3 is 1.03 bits per heavy atom. The molecule has 0 bridgehead atoms. The van der Waals surface area contributed by atoms with E-state index in [1.54, 1.807) is 111 Å². The van der Waals surface area contributed by atoms with Crippen molar-refractivity contribution in [1.82, 2.24) is 33.2 Å². The van der Waals surface area contributed by atoms with Crippen molar-refractivity contribution >= 4 is 238 Å². The van der Waals surface area contributed by atoms with Crippen molar-refractivity contribution in [3.05, 3.63) is 83.2 Å². The Kier molecular flexibility index (Phi) is 29.9. The Morgan fingerprint density at radius 2 is 0.771 bits per heavy atom. The smallest absolute Gasteiger partial charge is 0.414 e. The topological polar surface area (TPSA) is 340 Å². The van der Waals surface area contributed by atoms with Gasteiger partial charge >= 0.3 is 18.3 Å². The van der Waals surface area contributed by atoms with Crippen LogP contribution in [0.1, 0.15) is 132 Å². The van der Waals surface area contributed by atoms with Crippen molar-refractivity contribution in [2.24, 2.45) is 25.7 Å². The molecular weight excluding hydrogens is 1830 g/mol. The summed E-state index contributed by atoms with van der Waals surface area (Å²) in [5.41, 5.74) is -0.239. The van der Waals surface area contributed by atoms with Gasteiger partial charge in [-0.2, -0.15) is 0 Å². The average molecular weight is 1910 g/mol. The second-order valence-electron chi connectivity index (χ2n) is 25.2. The van der Waals surface area contributed by atoms with E-state index in [1.807, 2.05) is 45.8 Å². The van der Waals surface area contributed by atoms with Crippen LogP contribution in [0, 0.1) is 0 Å². The summed E-state index contributed by atoms with van der Waals surface area (Å²) in [6, 6.07) is 7.41. The molecular formula is C55H83Br4Cl2IN12O14S8. The number of alkyl halides is 2. The highest BCUT2D eigenvalue weighted by atomic mass is 127. The molecule has 26 nitrogen and oxygen atoms in total. The predicted molar refractivity (Wildman–Crippen MR) is 414 cm³/mol. The van der Waals surface area contributed by atoms with E-state index in [1.165, 1.54) is 73.5 Å². The van der Waals surface area contributed by atoms with E-state index in [4.69, 9.17) is 43.1 Å². The molecule has 3 amide bonds. The molecule has 8 heterocycles. The third kappa shape index (κ3) is 21.5. The Balaban J connectivity index is 0.000000433. The molecule has 4 aliphatic rings. The number of hydrogen-bond acceptors (Lipinski definition) is 23. The van der Waals surface area contributed by atoms with Gasteiger partial charge in [0.1, 0.15) is 54.7 Å². The van der Waals surface area contributed by atoms with Gasteiger partial charge in [-0.25, -0.2) is 85.2 Å². The summed E-state index contributed by atoms with van der Waals surface area (Å²) in [5.74, 6) is -0.315. The van der Waals surface area contributed by atoms with Crippen LogP contribution < -0.4 is 21.7 Å². The summed E-state index contributed by atoms with van der Waals surface area (Å²) in [6.45, 7) is 27.5. The maximum absolute atomic E-state index is 12.8. The molecule has 5 N–H and O–H groups in total. The molecule has 0 saturated carbocycles. The first-order valence-corrected chi connectivity index (χ1v) is 42.0. The number of thiophene rings is 4. The number of sulfonamides is 4. The van der Waals surface area contributed by atoms with Gasteiger partial charge in [-0.15, -0.1) is 92.5 Å². The van der Waals surface area contributed by atoms with Crippen LogP contribution in [0.5, 0.6) is 0 Å². The van der Waals surface area contributed by atoms with E-state index in [9.17, 15) is 48.1 Å². The molecule has 8 rings (SSSR count). The summed E-state index contributed by atoms with van der Waals surface area (Å²) >= 11 is 28.7. The SMILES string of the molecule is CN1C(NC(=O)OC(C)(C)C)=N[C@](C)(c2cc(Br)cs2)CS1(=O)=O.C[C@@H]1[C@@](C)(c2cc(Br)cs2)N=C(NC(=O)OC(C)(C)C)N(C)S1(=O)=O.C[C@H]1[C@@](C)(c2cc(Br)cs2)N=C(N)N(C)S1(=O)=O.C[C@H]1[C@@](C)(c2cc(Br)cs2)N=C(NC(=O)OC(C)(C)C)N(C)S1(=O)=O.ClCCl.I.[HH]. The molecule has 41 heteroatoms. The molecule has 0 aliphatic carbocycles. The number of ether oxygens (including phenoxy) is 3. The fourth-order valence-electron chi connectivity index (χ4n) is 8.76. The largest absolute Gasteiger partial charge is 0.444 e. The number of carbonyl (C=O) groups excluding carboxylic acids is 3. The van der Waals surface area contributed by atoms with E-state index >= 15 is 0 Å². The minimum Gasteiger partial charge on any atom is -0.444 e. The summed E-state index contributed by atoms with van der Waals surface area (Å²) < 4.78 is 124. The summed E-state index contributed by atoms with van der Waals surface area (Å²) in [7, 11) is -8.98. The van der Waals surface area contributed by atoms with E-state index in [0.717, 1.165) is 54.6 Å². The lowest BCUT2D eigenvalue weighted by molar-refractivity contribution is 0.0546. The number of halogens is 7. The van der Waals surface area contributed by atoms with Gasteiger partial charge in [-0.1, -0.05) is 0 Å². The number of nitrogens with one attached hydrogen (secondary N) is 3. The highest BCUT2D eigenvalue weighted by Gasteiger charge is 2.52. The van der Waals surface area contributed by atoms with Crippen molar-refractivity contribution in [2.75, 3.05) is 39.3 Å². The molecule has 0 unspecified atom stereocenters. The minimum absolute atomic E-state index is 0. The van der Waals surface area contributed by atoms with Crippen molar-refractivity contribution in [3.8, 4) is 0 Å². The van der Waals surface area contributed by atoms with Gasteiger partial charge in [-0.05, 0) is 199 Å². The molecule has 0 radical (unpaired) electrons. The number of carbonyl (C=O) groups is 3. The maximum Gasteiger partial charge on any atom is 0.414 e. The van der Waals surface area contributed by atoms with Crippen LogP contribution in [0.4, 0.5) is 14.4 Å². The molecule has 0 spiro atoms. The number of guanidine groups is 4. The minimum atomic E-state index is -3.70. The van der Waals surface area contributed by atoms with E-state index in [-0.39, 0.29) is 60.3 Å². The lowest BCUT2D eigenvalue weighted by atomic mass is 9.97. The molecule has 4 aromatic heterocycles. The molecule has 7 atom stereocenters. The van der Waals surface area contributed by atoms with E-state index in [0.29, 0.717) is 0 Å². The monoisotopic (exact) mass is 1900 g/mol. The molecule has 544 valence electrons. The van der Waals surface area contributed by atoms with Gasteiger partial charge in [0, 0.05) is 88.5 Å². The van der Waals surface area contributed by atoms with Gasteiger partial charge in [0.25, 0.3) is 0 Å². The fourth-order valence-corrected chi connectivity index (χ4v) is 21.6. The van der Waals surface area contributed by atoms with Crippen LogP contribution in [0.25, 0.3) is 0 Å². The number of nitrogens with zero attached hydrogens (tertiary/aromatic N) is 8. The Morgan fingerprint density at radius 1 is 0.521 bits per heavy atom. The van der Waals surface area contributed by atoms with Gasteiger partial charge in [0.15, 0.2) is 0 Å². The Hall–Kier alpha value is -2.68. The zero-order valence-electron chi connectivity index (χ0n) is 56.1. The van der Waals surface area contributed by atoms with Crippen LogP contribution in [0.3, 0.4) is 0 Å². The van der Waals surface area contributed by atoms with Gasteiger partial charge in [0.05, 0.1) is 11.1 Å². The first-order chi connectivity index (χ1) is 43.0. The second-order valence-corrected chi connectivity index (χ2v) is 42.1. The zero-order chi connectivity index (χ0) is 73.2. The molecule has 4 aliphatic heterocycles. The zero-order valence-corrected chi connectivity index (χ0v) is 72.8. The number of rotatable bonds is 4. The number of hydrogen-bond donors (Lipinski definition) is 4. The number of aliphatic imine (C=N–C) groups is 4. The molecule has 0 fully saturated rings. The Labute approximate surface area is 642 Å². The lowest BCUT2D eigenvalue weighted by Crippen LogP contribution is -2.57. The summed E-state index contributed by atoms with van der Waals surface area (Å²) in [5, 5.41) is 12.8. The number of amides is 3. The standard InChI is InChI=1S/2C15H22BrN3O4S2.C14H20BrN3O4S2.C10H14BrN3O2S2.CH2Cl2.HI.H2/c2*1-9-15(5,11-7-10(16)8-24-11)18-12(19(6)25(9,21)22)17-13(20)23-14(2,3)4;1-13(2,3)22-12(19)16-11-17-14(4,8-24(20,21)18(11)5)10-6-9(15)7-23-10;1-6-10(2,8-4-7(11)5-17-8)13-9(12)14(3)18(6,15)16;2-1-3;;/h2*7-9H,1-6H3,(H,17,18,20);6-7H,8H2,1-5H3,(H,16,17,19);4-6H,1-3H3,(H2,12,13);1H2;2*1H/t9-,15+;9-,15-;14-;6-,10-;;;/m1000.../s1. The van der Waals surface area contributed by atoms with Gasteiger partial charge in [-0.3, -0.25) is 16.0 Å². The van der Waals surface area contributed by atoms with E-state index < -0.39 is 113 Å². The average Bonchev–Trinajstić information content (AvgIpc) is 1.16. The maximum atomic E-state index is 12.8. The highest BCUT2D eigenvalue weighted by Crippen LogP contribution is 2.45. The van der Waals surface area contributed by atoms with Crippen LogP contribution in [0.2, 0.25) is 0 Å². The lowest BCUT2D eigenvalue weighted by Gasteiger charge is -2.39. The van der Waals surface area contributed by atoms with Crippen LogP contribution in [0.15, 0.2) is 83.6 Å². The quantitative estimate of drug-likeness (QED) is 0.0838. The number of alkyl carbamates (subject to hydrolysis) is 3. The van der Waals surface area contributed by atoms with Crippen molar-refractivity contribution in [3.63, 3.8) is 0 Å². The summed E-state index contributed by atoms with van der Waals surface area (Å²) in [4.78, 5) is 57.4. The van der Waals surface area contributed by atoms with Crippen LogP contribution >= 0.6 is 156 Å². The third-order valence-electron chi connectivity index (χ3n) is 14.5. The molecule has 0 aromatic carbocycles. The van der Waals surface area contributed by atoms with Crippen molar-refractivity contribution < 1.29 is 63.7 Å². The normalized spacial score (nSPS) is 25.5. The van der Waals surface area contributed by atoms with Gasteiger partial charge in [0.2, 0.25) is 63.9 Å². The number of nitrogens with two attached hydrogens (primary N) is 1. The van der Waals surface area contributed by atoms with Crippen molar-refractivity contribution in [2.45, 2.75) is 165 Å². The molecule has 0 saturated heterocycles. The highest BCUT2D eigenvalue weighted by molar-refractivity contribution is 14.0. The predicted octanol–water partition coefficient (Wildman–Crippen LogP) is 13.4. The molecule has 96 heavy (non-hydrogen) atoms.